The minimum Gasteiger partial charge on any atom is -0.506 e. The second-order valence-corrected chi connectivity index (χ2v) is 3.71. The highest BCUT2D eigenvalue weighted by Crippen LogP contribution is 2.18. The van der Waals surface area contributed by atoms with Crippen LogP contribution in [0.2, 0.25) is 0 Å². The summed E-state index contributed by atoms with van der Waals surface area (Å²) < 4.78 is 4.54. The van der Waals surface area contributed by atoms with Crippen LogP contribution in [0.4, 0.5) is 0 Å². The van der Waals surface area contributed by atoms with E-state index in [2.05, 4.69) is 4.74 Å². The van der Waals surface area contributed by atoms with Crippen LogP contribution in [0.3, 0.4) is 0 Å². The van der Waals surface area contributed by atoms with Crippen molar-refractivity contribution in [2.24, 2.45) is 0 Å². The first-order valence-electron chi connectivity index (χ1n) is 5.11. The van der Waals surface area contributed by atoms with Crippen molar-refractivity contribution in [2.75, 3.05) is 7.11 Å². The first-order valence-corrected chi connectivity index (χ1v) is 5.11. The molecule has 0 radical (unpaired) electrons. The van der Waals surface area contributed by atoms with E-state index in [1.807, 2.05) is 19.1 Å². The van der Waals surface area contributed by atoms with E-state index in [-0.39, 0.29) is 17.0 Å². The Bertz CT molecular complexity index is 472. The van der Waals surface area contributed by atoms with Gasteiger partial charge in [-0.15, -0.1) is 0 Å². The molecule has 90 valence electrons. The Morgan fingerprint density at radius 3 is 2.24 bits per heavy atom. The number of aliphatic hydroxyl groups excluding tert-OH is 1. The van der Waals surface area contributed by atoms with E-state index >= 15 is 0 Å². The first kappa shape index (κ1) is 13.0. The van der Waals surface area contributed by atoms with E-state index in [4.69, 9.17) is 5.41 Å². The van der Waals surface area contributed by atoms with Crippen molar-refractivity contribution in [3.63, 3.8) is 0 Å². The molecule has 0 amide bonds. The lowest BCUT2D eigenvalue weighted by molar-refractivity contribution is -0.135. The number of ether oxygens (including phenoxy) is 1. The largest absolute Gasteiger partial charge is 0.506 e. The fourth-order valence-electron chi connectivity index (χ4n) is 1.39. The van der Waals surface area contributed by atoms with Gasteiger partial charge in [-0.1, -0.05) is 29.8 Å². The zero-order valence-electron chi connectivity index (χ0n) is 10.1. The predicted molar refractivity (Wildman–Crippen MR) is 66.1 cm³/mol. The van der Waals surface area contributed by atoms with E-state index in [1.54, 1.807) is 12.1 Å². The number of methoxy groups -OCH3 is 1. The molecule has 4 heteroatoms. The molecular weight excluding hydrogens is 218 g/mol. The number of hydrogen-bond acceptors (Lipinski definition) is 4. The Morgan fingerprint density at radius 1 is 1.29 bits per heavy atom. The molecule has 1 rings (SSSR count). The molecule has 0 saturated carbocycles. The van der Waals surface area contributed by atoms with Gasteiger partial charge in [-0.3, -0.25) is 0 Å². The number of aryl methyl sites for hydroxylation is 1. The van der Waals surface area contributed by atoms with Gasteiger partial charge in [-0.25, -0.2) is 4.79 Å². The molecule has 0 bridgehead atoms. The van der Waals surface area contributed by atoms with E-state index in [1.165, 1.54) is 14.0 Å². The van der Waals surface area contributed by atoms with Crippen LogP contribution < -0.4 is 0 Å². The zero-order valence-corrected chi connectivity index (χ0v) is 10.1. The maximum absolute atomic E-state index is 11.5. The lowest BCUT2D eigenvalue weighted by atomic mass is 10.0. The summed E-state index contributed by atoms with van der Waals surface area (Å²) in [5, 5.41) is 17.5. The molecule has 4 nitrogen and oxygen atoms in total. The lowest BCUT2D eigenvalue weighted by Gasteiger charge is -2.08. The van der Waals surface area contributed by atoms with Crippen molar-refractivity contribution < 1.29 is 14.6 Å². The first-order chi connectivity index (χ1) is 7.97. The van der Waals surface area contributed by atoms with Crippen LogP contribution in [-0.2, 0) is 9.53 Å². The van der Waals surface area contributed by atoms with Crippen LogP contribution in [0.1, 0.15) is 18.1 Å². The lowest BCUT2D eigenvalue weighted by Crippen LogP contribution is -2.13. The van der Waals surface area contributed by atoms with Gasteiger partial charge >= 0.3 is 5.97 Å². The molecule has 0 fully saturated rings. The normalized spacial score (nSPS) is 11.7. The van der Waals surface area contributed by atoms with Crippen LogP contribution in [0.15, 0.2) is 29.8 Å². The fourth-order valence-corrected chi connectivity index (χ4v) is 1.39. The Hall–Kier alpha value is -2.10. The average Bonchev–Trinajstić information content (AvgIpc) is 2.29. The summed E-state index contributed by atoms with van der Waals surface area (Å²) in [4.78, 5) is 11.5. The van der Waals surface area contributed by atoms with Gasteiger partial charge in [0.2, 0.25) is 0 Å². The van der Waals surface area contributed by atoms with Gasteiger partial charge < -0.3 is 15.3 Å². The molecular formula is C13H15NO3. The van der Waals surface area contributed by atoms with Crippen molar-refractivity contribution in [3.05, 3.63) is 41.0 Å². The molecule has 0 aliphatic rings. The quantitative estimate of drug-likeness (QED) is 0.364. The summed E-state index contributed by atoms with van der Waals surface area (Å²) >= 11 is 0. The maximum Gasteiger partial charge on any atom is 0.343 e. The van der Waals surface area contributed by atoms with Gasteiger partial charge in [0.15, 0.2) is 0 Å². The number of esters is 1. The Kier molecular flexibility index (Phi) is 4.04. The summed E-state index contributed by atoms with van der Waals surface area (Å²) in [5.41, 5.74) is 1.39. The summed E-state index contributed by atoms with van der Waals surface area (Å²) in [6.07, 6.45) is 0. The topological polar surface area (TPSA) is 70.4 Å². The highest BCUT2D eigenvalue weighted by atomic mass is 16.5. The van der Waals surface area contributed by atoms with Gasteiger partial charge in [0.1, 0.15) is 11.3 Å². The van der Waals surface area contributed by atoms with Gasteiger partial charge in [0, 0.05) is 11.3 Å². The van der Waals surface area contributed by atoms with Crippen LogP contribution in [0.5, 0.6) is 0 Å². The second kappa shape index (κ2) is 5.30. The average molecular weight is 233 g/mol. The number of hydrogen-bond donors (Lipinski definition) is 2. The molecule has 1 aromatic rings. The molecule has 0 aromatic heterocycles. The predicted octanol–water partition coefficient (Wildman–Crippen LogP) is 2.48. The van der Waals surface area contributed by atoms with Crippen molar-refractivity contribution in [1.29, 1.82) is 5.41 Å². The standard InChI is InChI=1S/C13H15NO3/c1-8-4-6-10(7-5-8)12(15)11(9(2)14)13(16)17-3/h4-7,14-15H,1-3H3/b12-11+,14-9?. The summed E-state index contributed by atoms with van der Waals surface area (Å²) in [5.74, 6) is -0.945. The van der Waals surface area contributed by atoms with Gasteiger partial charge in [0.25, 0.3) is 0 Å². The third-order valence-electron chi connectivity index (χ3n) is 2.33. The van der Waals surface area contributed by atoms with Crippen molar-refractivity contribution in [3.8, 4) is 0 Å². The number of aliphatic hydroxyl groups is 1. The molecule has 0 heterocycles. The molecule has 0 saturated heterocycles. The zero-order chi connectivity index (χ0) is 13.0. The summed E-state index contributed by atoms with van der Waals surface area (Å²) in [6, 6.07) is 7.02. The van der Waals surface area contributed by atoms with E-state index in [0.717, 1.165) is 5.56 Å². The second-order valence-electron chi connectivity index (χ2n) is 3.71. The molecule has 17 heavy (non-hydrogen) atoms. The molecule has 0 aliphatic heterocycles. The molecule has 0 aliphatic carbocycles. The van der Waals surface area contributed by atoms with Crippen LogP contribution in [0.25, 0.3) is 5.76 Å². The van der Waals surface area contributed by atoms with E-state index in [9.17, 15) is 9.90 Å². The molecule has 1 aromatic carbocycles. The monoisotopic (exact) mass is 233 g/mol. The highest BCUT2D eigenvalue weighted by Gasteiger charge is 2.19. The maximum atomic E-state index is 11.5. The third kappa shape index (κ3) is 2.93. The minimum absolute atomic E-state index is 0.0325. The molecule has 2 N–H and O–H groups in total. The van der Waals surface area contributed by atoms with Crippen LogP contribution in [0, 0.1) is 12.3 Å². The summed E-state index contributed by atoms with van der Waals surface area (Å²) in [7, 11) is 1.22. The Morgan fingerprint density at radius 2 is 1.82 bits per heavy atom. The number of benzene rings is 1. The number of rotatable bonds is 3. The van der Waals surface area contributed by atoms with Crippen molar-refractivity contribution in [1.82, 2.24) is 0 Å². The molecule has 0 spiro atoms. The van der Waals surface area contributed by atoms with Gasteiger partial charge in [-0.05, 0) is 13.8 Å². The smallest absolute Gasteiger partial charge is 0.343 e. The third-order valence-corrected chi connectivity index (χ3v) is 2.33. The summed E-state index contributed by atoms with van der Waals surface area (Å²) in [6.45, 7) is 3.35. The van der Waals surface area contributed by atoms with Crippen molar-refractivity contribution in [2.45, 2.75) is 13.8 Å². The highest BCUT2D eigenvalue weighted by molar-refractivity contribution is 6.22. The molecule has 0 unspecified atom stereocenters. The van der Waals surface area contributed by atoms with Gasteiger partial charge in [-0.2, -0.15) is 0 Å². The number of carbonyl (C=O) groups excluding carboxylic acids is 1. The molecule has 0 atom stereocenters. The SMILES string of the molecule is COC(=O)/C(C(C)=N)=C(/O)c1ccc(C)cc1. The van der Waals surface area contributed by atoms with Crippen LogP contribution >= 0.6 is 0 Å². The fraction of sp³-hybridized carbons (Fsp3) is 0.231. The van der Waals surface area contributed by atoms with Crippen molar-refractivity contribution >= 4 is 17.4 Å². The Balaban J connectivity index is 3.29. The number of carbonyl (C=O) groups is 1. The number of nitrogens with one attached hydrogen (secondary N) is 1. The minimum atomic E-state index is -0.712. The Labute approximate surface area is 100 Å². The van der Waals surface area contributed by atoms with E-state index < -0.39 is 5.97 Å². The van der Waals surface area contributed by atoms with E-state index in [0.29, 0.717) is 5.56 Å². The van der Waals surface area contributed by atoms with Crippen LogP contribution in [-0.4, -0.2) is 23.9 Å². The van der Waals surface area contributed by atoms with Gasteiger partial charge in [0.05, 0.1) is 7.11 Å².